The SMILES string of the molecule is COc1ccc(COCC(C(C)C)N2C(=O)CO[C@H](c3cccc(Cl)c3)[C@H]2c2ccc(Cl)cc2)cc1OC. The third-order valence-corrected chi connectivity index (χ3v) is 7.27. The molecule has 0 spiro atoms. The van der Waals surface area contributed by atoms with Crippen molar-refractivity contribution >= 4 is 29.1 Å². The van der Waals surface area contributed by atoms with Crippen LogP contribution in [-0.4, -0.2) is 44.3 Å². The summed E-state index contributed by atoms with van der Waals surface area (Å²) < 4.78 is 23.1. The zero-order chi connectivity index (χ0) is 27.2. The Balaban J connectivity index is 1.63. The van der Waals surface area contributed by atoms with Gasteiger partial charge in [-0.25, -0.2) is 0 Å². The zero-order valence-electron chi connectivity index (χ0n) is 22.0. The normalized spacial score (nSPS) is 18.5. The van der Waals surface area contributed by atoms with E-state index in [1.165, 1.54) is 0 Å². The number of ether oxygens (including phenoxy) is 4. The summed E-state index contributed by atoms with van der Waals surface area (Å²) in [4.78, 5) is 15.4. The van der Waals surface area contributed by atoms with Gasteiger partial charge in [0, 0.05) is 10.0 Å². The van der Waals surface area contributed by atoms with Gasteiger partial charge in [0.15, 0.2) is 11.5 Å². The van der Waals surface area contributed by atoms with Crippen LogP contribution in [0.1, 0.15) is 42.7 Å². The lowest BCUT2D eigenvalue weighted by Gasteiger charge is -2.46. The maximum absolute atomic E-state index is 13.5. The fourth-order valence-electron chi connectivity index (χ4n) is 4.84. The van der Waals surface area contributed by atoms with Crippen LogP contribution < -0.4 is 9.47 Å². The molecule has 1 heterocycles. The number of nitrogens with zero attached hydrogens (tertiary/aromatic N) is 1. The molecule has 1 fully saturated rings. The Morgan fingerprint density at radius 2 is 1.66 bits per heavy atom. The van der Waals surface area contributed by atoms with Crippen LogP contribution in [0.3, 0.4) is 0 Å². The minimum Gasteiger partial charge on any atom is -0.493 e. The minimum atomic E-state index is -0.403. The van der Waals surface area contributed by atoms with Crippen LogP contribution in [0, 0.1) is 5.92 Å². The molecule has 1 aliphatic rings. The number of carbonyl (C=O) groups is 1. The molecule has 0 saturated carbocycles. The molecule has 202 valence electrons. The van der Waals surface area contributed by atoms with Crippen LogP contribution in [0.5, 0.6) is 11.5 Å². The average Bonchev–Trinajstić information content (AvgIpc) is 2.91. The predicted octanol–water partition coefficient (Wildman–Crippen LogP) is 6.89. The van der Waals surface area contributed by atoms with E-state index in [1.54, 1.807) is 14.2 Å². The summed E-state index contributed by atoms with van der Waals surface area (Å²) in [5, 5.41) is 1.24. The molecule has 0 radical (unpaired) electrons. The van der Waals surface area contributed by atoms with Crippen molar-refractivity contribution in [3.05, 3.63) is 93.5 Å². The first-order chi connectivity index (χ1) is 18.3. The highest BCUT2D eigenvalue weighted by Crippen LogP contribution is 2.43. The van der Waals surface area contributed by atoms with E-state index >= 15 is 0 Å². The molecule has 38 heavy (non-hydrogen) atoms. The van der Waals surface area contributed by atoms with E-state index in [4.69, 9.17) is 42.1 Å². The van der Waals surface area contributed by atoms with E-state index in [1.807, 2.05) is 71.6 Å². The summed E-state index contributed by atoms with van der Waals surface area (Å²) in [5.74, 6) is 1.34. The van der Waals surface area contributed by atoms with Gasteiger partial charge < -0.3 is 23.8 Å². The predicted molar refractivity (Wildman–Crippen MR) is 149 cm³/mol. The Morgan fingerprint density at radius 1 is 0.921 bits per heavy atom. The average molecular weight is 559 g/mol. The third-order valence-electron chi connectivity index (χ3n) is 6.78. The first kappa shape index (κ1) is 28.2. The largest absolute Gasteiger partial charge is 0.493 e. The van der Waals surface area contributed by atoms with Crippen molar-refractivity contribution in [2.45, 2.75) is 38.6 Å². The highest BCUT2D eigenvalue weighted by molar-refractivity contribution is 6.30. The van der Waals surface area contributed by atoms with Crippen molar-refractivity contribution < 1.29 is 23.7 Å². The van der Waals surface area contributed by atoms with Crippen molar-refractivity contribution in [1.29, 1.82) is 0 Å². The molecule has 6 nitrogen and oxygen atoms in total. The van der Waals surface area contributed by atoms with Crippen molar-refractivity contribution in [3.8, 4) is 11.5 Å². The summed E-state index contributed by atoms with van der Waals surface area (Å²) in [7, 11) is 3.21. The summed E-state index contributed by atoms with van der Waals surface area (Å²) >= 11 is 12.5. The van der Waals surface area contributed by atoms with Gasteiger partial charge in [-0.05, 0) is 59.0 Å². The molecule has 0 aromatic heterocycles. The Morgan fingerprint density at radius 3 is 2.32 bits per heavy atom. The van der Waals surface area contributed by atoms with Crippen molar-refractivity contribution in [2.75, 3.05) is 27.4 Å². The summed E-state index contributed by atoms with van der Waals surface area (Å²) in [6, 6.07) is 20.3. The number of rotatable bonds is 10. The Labute approximate surface area is 234 Å². The molecule has 3 aromatic rings. The molecule has 1 saturated heterocycles. The lowest BCUT2D eigenvalue weighted by Crippen LogP contribution is -2.54. The number of methoxy groups -OCH3 is 2. The molecular weight excluding hydrogens is 525 g/mol. The van der Waals surface area contributed by atoms with Gasteiger partial charge >= 0.3 is 0 Å². The third kappa shape index (κ3) is 6.44. The van der Waals surface area contributed by atoms with Gasteiger partial charge in [-0.1, -0.05) is 67.4 Å². The number of hydrogen-bond acceptors (Lipinski definition) is 5. The number of morpholine rings is 1. The van der Waals surface area contributed by atoms with E-state index in [9.17, 15) is 4.79 Å². The Bertz CT molecular complexity index is 1230. The van der Waals surface area contributed by atoms with Gasteiger partial charge in [0.2, 0.25) is 5.91 Å². The van der Waals surface area contributed by atoms with Gasteiger partial charge in [-0.2, -0.15) is 0 Å². The maximum Gasteiger partial charge on any atom is 0.249 e. The van der Waals surface area contributed by atoms with Gasteiger partial charge in [0.05, 0.1) is 39.5 Å². The second kappa shape index (κ2) is 12.9. The van der Waals surface area contributed by atoms with E-state index in [-0.39, 0.29) is 30.5 Å². The monoisotopic (exact) mass is 557 g/mol. The molecule has 0 aliphatic carbocycles. The van der Waals surface area contributed by atoms with E-state index in [0.717, 1.165) is 16.7 Å². The van der Waals surface area contributed by atoms with Crippen LogP contribution in [0.15, 0.2) is 66.7 Å². The summed E-state index contributed by atoms with van der Waals surface area (Å²) in [6.45, 7) is 4.89. The summed E-state index contributed by atoms with van der Waals surface area (Å²) in [6.07, 6.45) is -0.403. The van der Waals surface area contributed by atoms with E-state index < -0.39 is 6.10 Å². The molecule has 3 atom stereocenters. The van der Waals surface area contributed by atoms with Gasteiger partial charge in [-0.15, -0.1) is 0 Å². The molecule has 0 N–H and O–H groups in total. The molecule has 1 amide bonds. The van der Waals surface area contributed by atoms with Gasteiger partial charge in [0.1, 0.15) is 12.7 Å². The smallest absolute Gasteiger partial charge is 0.249 e. The van der Waals surface area contributed by atoms with E-state index in [2.05, 4.69) is 13.8 Å². The quantitative estimate of drug-likeness (QED) is 0.271. The first-order valence-corrected chi connectivity index (χ1v) is 13.3. The number of hydrogen-bond donors (Lipinski definition) is 0. The molecule has 1 unspecified atom stereocenters. The standard InChI is InChI=1S/C30H33Cl2NO5/c1-19(2)25(17-37-16-20-8-13-26(35-3)27(14-20)36-4)33-28(34)18-38-30(22-6-5-7-24(32)15-22)29(33)21-9-11-23(31)12-10-21/h5-15,19,25,29-30H,16-18H2,1-4H3/t25?,29-,30-/m1/s1. The highest BCUT2D eigenvalue weighted by atomic mass is 35.5. The highest BCUT2D eigenvalue weighted by Gasteiger charge is 2.43. The number of benzene rings is 3. The number of amides is 1. The lowest BCUT2D eigenvalue weighted by molar-refractivity contribution is -0.168. The lowest BCUT2D eigenvalue weighted by atomic mass is 9.89. The van der Waals surface area contributed by atoms with Gasteiger partial charge in [-0.3, -0.25) is 4.79 Å². The first-order valence-electron chi connectivity index (χ1n) is 12.5. The van der Waals surface area contributed by atoms with Crippen LogP contribution in [0.4, 0.5) is 0 Å². The molecule has 1 aliphatic heterocycles. The van der Waals surface area contributed by atoms with Gasteiger partial charge in [0.25, 0.3) is 0 Å². The fraction of sp³-hybridized carbons (Fsp3) is 0.367. The van der Waals surface area contributed by atoms with Crippen LogP contribution in [0.2, 0.25) is 10.0 Å². The fourth-order valence-corrected chi connectivity index (χ4v) is 5.16. The molecular formula is C30H33Cl2NO5. The van der Waals surface area contributed by atoms with E-state index in [0.29, 0.717) is 34.8 Å². The molecule has 8 heteroatoms. The molecule has 0 bridgehead atoms. The number of carbonyl (C=O) groups excluding carboxylic acids is 1. The van der Waals surface area contributed by atoms with Crippen molar-refractivity contribution in [2.24, 2.45) is 5.92 Å². The second-order valence-corrected chi connectivity index (χ2v) is 10.5. The second-order valence-electron chi connectivity index (χ2n) is 9.60. The molecule has 4 rings (SSSR count). The van der Waals surface area contributed by atoms with Crippen LogP contribution in [0.25, 0.3) is 0 Å². The Hall–Kier alpha value is -2.77. The zero-order valence-corrected chi connectivity index (χ0v) is 23.5. The minimum absolute atomic E-state index is 0.0276. The van der Waals surface area contributed by atoms with Crippen molar-refractivity contribution in [3.63, 3.8) is 0 Å². The number of halogens is 2. The summed E-state index contributed by atoms with van der Waals surface area (Å²) in [5.41, 5.74) is 2.78. The van der Waals surface area contributed by atoms with Crippen LogP contribution in [-0.2, 0) is 20.9 Å². The molecule has 3 aromatic carbocycles. The van der Waals surface area contributed by atoms with Crippen LogP contribution >= 0.6 is 23.2 Å². The maximum atomic E-state index is 13.5. The Kier molecular flexibility index (Phi) is 9.55. The topological polar surface area (TPSA) is 57.2 Å². The van der Waals surface area contributed by atoms with Crippen molar-refractivity contribution in [1.82, 2.24) is 4.90 Å².